The fourth-order valence-corrected chi connectivity index (χ4v) is 1.39. The minimum Gasteiger partial charge on any atom is -0.295 e. The highest BCUT2D eigenvalue weighted by Crippen LogP contribution is 2.09. The number of carbonyl (C=O) groups is 2. The predicted molar refractivity (Wildman–Crippen MR) is 47.6 cm³/mol. The predicted octanol–water partition coefficient (Wildman–Crippen LogP) is -0.643. The second-order valence-electron chi connectivity index (χ2n) is 2.90. The van der Waals surface area contributed by atoms with Gasteiger partial charge in [0.05, 0.1) is 19.0 Å². The average molecular weight is 180 g/mol. The van der Waals surface area contributed by atoms with Gasteiger partial charge in [0, 0.05) is 0 Å². The lowest BCUT2D eigenvalue weighted by molar-refractivity contribution is -0.126. The highest BCUT2D eigenvalue weighted by atomic mass is 16.2. The highest BCUT2D eigenvalue weighted by Gasteiger charge is 2.34. The largest absolute Gasteiger partial charge is 0.295 e. The van der Waals surface area contributed by atoms with Crippen molar-refractivity contribution >= 4 is 11.8 Å². The van der Waals surface area contributed by atoms with Crippen molar-refractivity contribution in [2.75, 3.05) is 13.1 Å². The van der Waals surface area contributed by atoms with E-state index in [9.17, 15) is 9.59 Å². The van der Waals surface area contributed by atoms with Crippen LogP contribution in [0.15, 0.2) is 0 Å². The Hall–Kier alpha value is -1.34. The number of imide groups is 1. The molecule has 1 aliphatic rings. The molecule has 4 nitrogen and oxygen atoms in total. The highest BCUT2D eigenvalue weighted by molar-refractivity contribution is 6.05. The molecule has 1 N–H and O–H groups in total. The quantitative estimate of drug-likeness (QED) is 0.464. The number of rotatable bonds is 3. The molecule has 1 heterocycles. The summed E-state index contributed by atoms with van der Waals surface area (Å²) in [6, 6.07) is -0.367. The molecule has 0 aromatic heterocycles. The Bertz CT molecular complexity index is 267. The van der Waals surface area contributed by atoms with Crippen molar-refractivity contribution in [3.05, 3.63) is 0 Å². The molecule has 1 fully saturated rings. The molecule has 0 aliphatic carbocycles. The Kier molecular flexibility index (Phi) is 3.04. The van der Waals surface area contributed by atoms with Gasteiger partial charge in [-0.1, -0.05) is 12.8 Å². The number of likely N-dealkylation sites (N-methyl/N-ethyl adjacent to an activating group) is 1. The third-order valence-corrected chi connectivity index (χ3v) is 2.09. The zero-order valence-electron chi connectivity index (χ0n) is 7.54. The number of amides is 2. The molecule has 1 unspecified atom stereocenters. The van der Waals surface area contributed by atoms with Gasteiger partial charge in [0.2, 0.25) is 11.8 Å². The van der Waals surface area contributed by atoms with Crippen LogP contribution in [-0.2, 0) is 9.59 Å². The number of hydrogen-bond donors (Lipinski definition) is 1. The van der Waals surface area contributed by atoms with Crippen LogP contribution in [0.25, 0.3) is 0 Å². The number of carbonyl (C=O) groups excluding carboxylic acids is 2. The molecule has 1 aliphatic heterocycles. The summed E-state index contributed by atoms with van der Waals surface area (Å²) >= 11 is 0. The molecule has 70 valence electrons. The first kappa shape index (κ1) is 9.75. The molecule has 0 bridgehead atoms. The van der Waals surface area contributed by atoms with Crippen LogP contribution < -0.4 is 5.32 Å². The number of hydrogen-bond acceptors (Lipinski definition) is 3. The Morgan fingerprint density at radius 2 is 2.38 bits per heavy atom. The molecule has 1 saturated heterocycles. The summed E-state index contributed by atoms with van der Waals surface area (Å²) in [5.41, 5.74) is 0. The summed E-state index contributed by atoms with van der Waals surface area (Å²) in [6.45, 7) is 2.99. The van der Waals surface area contributed by atoms with E-state index in [2.05, 4.69) is 11.2 Å². The summed E-state index contributed by atoms with van der Waals surface area (Å²) in [4.78, 5) is 23.9. The van der Waals surface area contributed by atoms with E-state index in [1.165, 1.54) is 0 Å². The van der Waals surface area contributed by atoms with Crippen molar-refractivity contribution in [2.45, 2.75) is 19.4 Å². The monoisotopic (exact) mass is 180 g/mol. The fourth-order valence-electron chi connectivity index (χ4n) is 1.39. The number of nitrogens with one attached hydrogen (secondary N) is 1. The maximum absolute atomic E-state index is 11.2. The van der Waals surface area contributed by atoms with Gasteiger partial charge in [-0.25, -0.2) is 0 Å². The van der Waals surface area contributed by atoms with E-state index in [-0.39, 0.29) is 24.3 Å². The first-order valence-electron chi connectivity index (χ1n) is 4.20. The second-order valence-corrected chi connectivity index (χ2v) is 2.90. The van der Waals surface area contributed by atoms with Gasteiger partial charge in [0.25, 0.3) is 0 Å². The van der Waals surface area contributed by atoms with Crippen LogP contribution in [0.4, 0.5) is 0 Å². The summed E-state index contributed by atoms with van der Waals surface area (Å²) in [5.74, 6) is 2.01. The maximum Gasteiger partial charge on any atom is 0.244 e. The molecular formula is C9H12N2O2. The molecule has 0 spiro atoms. The van der Waals surface area contributed by atoms with Crippen molar-refractivity contribution in [1.82, 2.24) is 10.2 Å². The standard InChI is InChI=1S/C9H12N2O2/c1-3-5-11(4-2)7-6-8(12)10-9(7)13/h1,7H,4-6H2,2H3,(H,10,12,13). The molecule has 4 heteroatoms. The van der Waals surface area contributed by atoms with E-state index in [1.54, 1.807) is 4.90 Å². The van der Waals surface area contributed by atoms with Gasteiger partial charge >= 0.3 is 0 Å². The SMILES string of the molecule is C#CCN(CC)C1CC(=O)NC1=O. The zero-order valence-corrected chi connectivity index (χ0v) is 7.54. The zero-order chi connectivity index (χ0) is 9.84. The molecule has 0 saturated carbocycles. The second kappa shape index (κ2) is 4.06. The average Bonchev–Trinajstić information content (AvgIpc) is 2.41. The van der Waals surface area contributed by atoms with Gasteiger partial charge < -0.3 is 0 Å². The van der Waals surface area contributed by atoms with E-state index in [0.717, 1.165) is 0 Å². The summed E-state index contributed by atoms with van der Waals surface area (Å²) in [6.07, 6.45) is 5.37. The van der Waals surface area contributed by atoms with Crippen LogP contribution in [0.5, 0.6) is 0 Å². The van der Waals surface area contributed by atoms with Gasteiger partial charge in [-0.15, -0.1) is 6.42 Å². The Balaban J connectivity index is 2.64. The van der Waals surface area contributed by atoms with Crippen LogP contribution in [0, 0.1) is 12.3 Å². The Morgan fingerprint density at radius 3 is 2.77 bits per heavy atom. The third-order valence-electron chi connectivity index (χ3n) is 2.09. The van der Waals surface area contributed by atoms with E-state index < -0.39 is 0 Å². The lowest BCUT2D eigenvalue weighted by atomic mass is 10.2. The van der Waals surface area contributed by atoms with Crippen molar-refractivity contribution in [1.29, 1.82) is 0 Å². The summed E-state index contributed by atoms with van der Waals surface area (Å²) < 4.78 is 0. The van der Waals surface area contributed by atoms with Crippen molar-refractivity contribution in [2.24, 2.45) is 0 Å². The Morgan fingerprint density at radius 1 is 1.69 bits per heavy atom. The van der Waals surface area contributed by atoms with Crippen LogP contribution in [-0.4, -0.2) is 35.8 Å². The van der Waals surface area contributed by atoms with Crippen molar-refractivity contribution < 1.29 is 9.59 Å². The number of terminal acetylenes is 1. The molecule has 0 aromatic carbocycles. The normalized spacial score (nSPS) is 21.8. The summed E-state index contributed by atoms with van der Waals surface area (Å²) in [5, 5.41) is 2.25. The van der Waals surface area contributed by atoms with Gasteiger partial charge in [-0.2, -0.15) is 0 Å². The lowest BCUT2D eigenvalue weighted by Crippen LogP contribution is -2.40. The smallest absolute Gasteiger partial charge is 0.244 e. The molecular weight excluding hydrogens is 168 g/mol. The van der Waals surface area contributed by atoms with Gasteiger partial charge in [0.1, 0.15) is 0 Å². The topological polar surface area (TPSA) is 49.4 Å². The lowest BCUT2D eigenvalue weighted by Gasteiger charge is -2.21. The van der Waals surface area contributed by atoms with Gasteiger partial charge in [0.15, 0.2) is 0 Å². The van der Waals surface area contributed by atoms with E-state index in [1.807, 2.05) is 6.92 Å². The van der Waals surface area contributed by atoms with Crippen LogP contribution in [0.3, 0.4) is 0 Å². The van der Waals surface area contributed by atoms with Crippen LogP contribution in [0.1, 0.15) is 13.3 Å². The molecule has 1 atom stereocenters. The third kappa shape index (κ3) is 2.07. The van der Waals surface area contributed by atoms with E-state index >= 15 is 0 Å². The first-order valence-corrected chi connectivity index (χ1v) is 4.20. The molecule has 1 rings (SSSR count). The van der Waals surface area contributed by atoms with E-state index in [0.29, 0.717) is 13.1 Å². The van der Waals surface area contributed by atoms with E-state index in [4.69, 9.17) is 6.42 Å². The number of nitrogens with zero attached hydrogens (tertiary/aromatic N) is 1. The van der Waals surface area contributed by atoms with Crippen LogP contribution in [0.2, 0.25) is 0 Å². The fraction of sp³-hybridized carbons (Fsp3) is 0.556. The first-order chi connectivity index (χ1) is 6.19. The van der Waals surface area contributed by atoms with Gasteiger partial charge in [-0.3, -0.25) is 19.8 Å². The molecule has 2 amide bonds. The minimum absolute atomic E-state index is 0.217. The van der Waals surface area contributed by atoms with Gasteiger partial charge in [-0.05, 0) is 6.54 Å². The van der Waals surface area contributed by atoms with Crippen LogP contribution >= 0.6 is 0 Å². The molecule has 0 aromatic rings. The van der Waals surface area contributed by atoms with Crippen molar-refractivity contribution in [3.63, 3.8) is 0 Å². The Labute approximate surface area is 77.3 Å². The summed E-state index contributed by atoms with van der Waals surface area (Å²) in [7, 11) is 0. The molecule has 0 radical (unpaired) electrons. The van der Waals surface area contributed by atoms with Crippen molar-refractivity contribution in [3.8, 4) is 12.3 Å². The minimum atomic E-state index is -0.367. The maximum atomic E-state index is 11.2. The molecule has 13 heavy (non-hydrogen) atoms.